The summed E-state index contributed by atoms with van der Waals surface area (Å²) < 4.78 is 0. The highest BCUT2D eigenvalue weighted by Gasteiger charge is 2.38. The van der Waals surface area contributed by atoms with Crippen LogP contribution in [-0.2, 0) is 6.42 Å². The van der Waals surface area contributed by atoms with Crippen LogP contribution in [0.5, 0.6) is 0 Å². The van der Waals surface area contributed by atoms with Crippen molar-refractivity contribution < 1.29 is 9.59 Å². The zero-order valence-electron chi connectivity index (χ0n) is 16.3. The first-order valence-corrected chi connectivity index (χ1v) is 9.88. The van der Waals surface area contributed by atoms with E-state index in [2.05, 4.69) is 16.0 Å². The molecule has 2 saturated heterocycles. The highest BCUT2D eigenvalue weighted by atomic mass is 35.5. The standard InChI is InChI=1S/C22H26N4O2.ClH/c27-21(24-11-10-16-4-2-1-3-5-16)17-6-8-20(9-7-17)25-22(28)26-14-18-12-23-13-19(18)15-26;/h1-9,18-19,23H,10-15H2,(H,24,27)(H,25,28);1H/t18-,19+;. The highest BCUT2D eigenvalue weighted by molar-refractivity contribution is 5.95. The third kappa shape index (κ3) is 5.28. The number of carbonyl (C=O) groups excluding carboxylic acids is 2. The number of carbonyl (C=O) groups is 2. The Hall–Kier alpha value is -2.57. The van der Waals surface area contributed by atoms with E-state index in [0.717, 1.165) is 32.6 Å². The molecule has 3 amide bonds. The summed E-state index contributed by atoms with van der Waals surface area (Å²) in [4.78, 5) is 26.6. The van der Waals surface area contributed by atoms with Crippen molar-refractivity contribution in [3.05, 3.63) is 65.7 Å². The van der Waals surface area contributed by atoms with Gasteiger partial charge in [-0.15, -0.1) is 12.4 Å². The first-order valence-electron chi connectivity index (χ1n) is 9.88. The van der Waals surface area contributed by atoms with Crippen LogP contribution in [0.1, 0.15) is 15.9 Å². The summed E-state index contributed by atoms with van der Waals surface area (Å²) in [6.07, 6.45) is 0.800. The summed E-state index contributed by atoms with van der Waals surface area (Å²) in [6, 6.07) is 17.1. The van der Waals surface area contributed by atoms with Gasteiger partial charge in [0.2, 0.25) is 0 Å². The van der Waals surface area contributed by atoms with Gasteiger partial charge in [0, 0.05) is 44.0 Å². The minimum atomic E-state index is -0.103. The molecule has 3 N–H and O–H groups in total. The molecule has 7 heteroatoms. The van der Waals surface area contributed by atoms with Gasteiger partial charge in [-0.3, -0.25) is 4.79 Å². The molecule has 2 aliphatic heterocycles. The zero-order chi connectivity index (χ0) is 19.3. The topological polar surface area (TPSA) is 73.5 Å². The molecule has 0 spiro atoms. The molecule has 2 heterocycles. The van der Waals surface area contributed by atoms with Crippen LogP contribution in [-0.4, -0.2) is 49.6 Å². The molecule has 2 aliphatic rings. The Kier molecular flexibility index (Phi) is 7.12. The summed E-state index contributed by atoms with van der Waals surface area (Å²) in [5.41, 5.74) is 2.50. The molecule has 2 aromatic carbocycles. The Labute approximate surface area is 177 Å². The van der Waals surface area contributed by atoms with Gasteiger partial charge in [-0.05, 0) is 48.1 Å². The van der Waals surface area contributed by atoms with Crippen LogP contribution in [0.25, 0.3) is 0 Å². The number of nitrogens with zero attached hydrogens (tertiary/aromatic N) is 1. The Balaban J connectivity index is 0.00000240. The Morgan fingerprint density at radius 3 is 2.28 bits per heavy atom. The number of halogens is 1. The van der Waals surface area contributed by atoms with E-state index in [9.17, 15) is 9.59 Å². The van der Waals surface area contributed by atoms with E-state index in [4.69, 9.17) is 0 Å². The molecule has 0 aromatic heterocycles. The molecule has 29 heavy (non-hydrogen) atoms. The van der Waals surface area contributed by atoms with E-state index >= 15 is 0 Å². The number of nitrogens with one attached hydrogen (secondary N) is 3. The fourth-order valence-corrected chi connectivity index (χ4v) is 4.00. The van der Waals surface area contributed by atoms with Gasteiger partial charge >= 0.3 is 6.03 Å². The molecular formula is C22H27ClN4O2. The number of rotatable bonds is 5. The summed E-state index contributed by atoms with van der Waals surface area (Å²) in [5, 5.41) is 9.25. The first-order chi connectivity index (χ1) is 13.7. The number of fused-ring (bicyclic) bond motifs is 1. The molecule has 2 fully saturated rings. The monoisotopic (exact) mass is 414 g/mol. The van der Waals surface area contributed by atoms with E-state index in [1.165, 1.54) is 5.56 Å². The molecule has 2 atom stereocenters. The molecule has 0 saturated carbocycles. The van der Waals surface area contributed by atoms with Gasteiger partial charge in [-0.1, -0.05) is 30.3 Å². The lowest BCUT2D eigenvalue weighted by Gasteiger charge is -2.18. The smallest absolute Gasteiger partial charge is 0.321 e. The maximum atomic E-state index is 12.5. The van der Waals surface area contributed by atoms with Gasteiger partial charge < -0.3 is 20.9 Å². The number of hydrogen-bond donors (Lipinski definition) is 3. The van der Waals surface area contributed by atoms with E-state index in [-0.39, 0.29) is 24.3 Å². The van der Waals surface area contributed by atoms with Crippen molar-refractivity contribution >= 4 is 30.0 Å². The average Bonchev–Trinajstić information content (AvgIpc) is 3.31. The van der Waals surface area contributed by atoms with E-state index in [1.54, 1.807) is 24.3 Å². The predicted molar refractivity (Wildman–Crippen MR) is 117 cm³/mol. The third-order valence-corrected chi connectivity index (χ3v) is 5.62. The molecule has 154 valence electrons. The van der Waals surface area contributed by atoms with Crippen LogP contribution in [0.3, 0.4) is 0 Å². The highest BCUT2D eigenvalue weighted by Crippen LogP contribution is 2.26. The summed E-state index contributed by atoms with van der Waals surface area (Å²) in [7, 11) is 0. The molecule has 4 rings (SSSR count). The Morgan fingerprint density at radius 2 is 1.62 bits per heavy atom. The fraction of sp³-hybridized carbons (Fsp3) is 0.364. The van der Waals surface area contributed by atoms with E-state index < -0.39 is 0 Å². The number of amides is 3. The third-order valence-electron chi connectivity index (χ3n) is 5.62. The lowest BCUT2D eigenvalue weighted by molar-refractivity contribution is 0.0954. The van der Waals surface area contributed by atoms with E-state index in [0.29, 0.717) is 29.6 Å². The van der Waals surface area contributed by atoms with Crippen molar-refractivity contribution in [3.63, 3.8) is 0 Å². The lowest BCUT2D eigenvalue weighted by atomic mass is 10.0. The zero-order valence-corrected chi connectivity index (χ0v) is 17.1. The van der Waals surface area contributed by atoms with Gasteiger partial charge in [-0.2, -0.15) is 0 Å². The van der Waals surface area contributed by atoms with Gasteiger partial charge in [0.15, 0.2) is 0 Å². The number of likely N-dealkylation sites (tertiary alicyclic amines) is 1. The first kappa shape index (κ1) is 21.1. The van der Waals surface area contributed by atoms with E-state index in [1.807, 2.05) is 35.2 Å². The molecule has 0 unspecified atom stereocenters. The second kappa shape index (κ2) is 9.76. The van der Waals surface area contributed by atoms with Crippen molar-refractivity contribution in [3.8, 4) is 0 Å². The van der Waals surface area contributed by atoms with Crippen molar-refractivity contribution in [1.29, 1.82) is 0 Å². The number of hydrogen-bond acceptors (Lipinski definition) is 3. The van der Waals surface area contributed by atoms with Crippen LogP contribution >= 0.6 is 12.4 Å². The molecule has 0 radical (unpaired) electrons. The second-order valence-electron chi connectivity index (χ2n) is 7.58. The minimum Gasteiger partial charge on any atom is -0.352 e. The largest absolute Gasteiger partial charge is 0.352 e. The minimum absolute atomic E-state index is 0. The second-order valence-corrected chi connectivity index (χ2v) is 7.58. The van der Waals surface area contributed by atoms with Crippen molar-refractivity contribution in [2.24, 2.45) is 11.8 Å². The maximum absolute atomic E-state index is 12.5. The van der Waals surface area contributed by atoms with Gasteiger partial charge in [0.05, 0.1) is 0 Å². The van der Waals surface area contributed by atoms with Gasteiger partial charge in [0.1, 0.15) is 0 Å². The van der Waals surface area contributed by atoms with Gasteiger partial charge in [-0.25, -0.2) is 4.79 Å². The Bertz CT molecular complexity index is 816. The number of benzene rings is 2. The SMILES string of the molecule is Cl.O=C(NCCc1ccccc1)c1ccc(NC(=O)N2C[C@H]3CNC[C@H]3C2)cc1. The van der Waals surface area contributed by atoms with Crippen LogP contribution < -0.4 is 16.0 Å². The lowest BCUT2D eigenvalue weighted by Crippen LogP contribution is -2.35. The summed E-state index contributed by atoms with van der Waals surface area (Å²) in [6.45, 7) is 4.22. The predicted octanol–water partition coefficient (Wildman–Crippen LogP) is 2.76. The summed E-state index contributed by atoms with van der Waals surface area (Å²) >= 11 is 0. The fourth-order valence-electron chi connectivity index (χ4n) is 4.00. The normalized spacial score (nSPS) is 19.9. The van der Waals surface area contributed by atoms with Crippen LogP contribution in [0.2, 0.25) is 0 Å². The number of anilines is 1. The quantitative estimate of drug-likeness (QED) is 0.704. The van der Waals surface area contributed by atoms with Crippen LogP contribution in [0.15, 0.2) is 54.6 Å². The molecule has 2 aromatic rings. The van der Waals surface area contributed by atoms with Crippen molar-refractivity contribution in [2.45, 2.75) is 6.42 Å². The van der Waals surface area contributed by atoms with Crippen molar-refractivity contribution in [1.82, 2.24) is 15.5 Å². The molecule has 0 aliphatic carbocycles. The van der Waals surface area contributed by atoms with Gasteiger partial charge in [0.25, 0.3) is 5.91 Å². The summed E-state index contributed by atoms with van der Waals surface area (Å²) in [5.74, 6) is 1.05. The van der Waals surface area contributed by atoms with Crippen molar-refractivity contribution in [2.75, 3.05) is 38.0 Å². The van der Waals surface area contributed by atoms with Crippen LogP contribution in [0.4, 0.5) is 10.5 Å². The Morgan fingerprint density at radius 1 is 0.966 bits per heavy atom. The van der Waals surface area contributed by atoms with Crippen LogP contribution in [0, 0.1) is 11.8 Å². The number of urea groups is 1. The molecule has 6 nitrogen and oxygen atoms in total. The maximum Gasteiger partial charge on any atom is 0.321 e. The molecule has 0 bridgehead atoms. The molecular weight excluding hydrogens is 388 g/mol. The average molecular weight is 415 g/mol.